The minimum atomic E-state index is -0.0585. The number of piperidine rings is 1. The molecule has 166 valence electrons. The maximum absolute atomic E-state index is 13.4. The summed E-state index contributed by atoms with van der Waals surface area (Å²) in [7, 11) is 0. The van der Waals surface area contributed by atoms with Crippen molar-refractivity contribution in [3.8, 4) is 5.69 Å². The number of hydrogen-bond acceptors (Lipinski definition) is 5. The van der Waals surface area contributed by atoms with E-state index < -0.39 is 0 Å². The Morgan fingerprint density at radius 3 is 2.85 bits per heavy atom. The molecule has 1 fully saturated rings. The number of fused-ring (bicyclic) bond motifs is 2. The SMILES string of the molecule is Cc1nc2ccc(-n3ncc(C(=O)C4=Cc5cc(C6CCNCC6)ccc5C4)c3N)cc2[nH]1. The molecule has 2 aliphatic rings. The molecule has 0 bridgehead atoms. The van der Waals surface area contributed by atoms with Crippen LogP contribution in [0.2, 0.25) is 0 Å². The van der Waals surface area contributed by atoms with Gasteiger partial charge in [-0.15, -0.1) is 0 Å². The van der Waals surface area contributed by atoms with Crippen LogP contribution < -0.4 is 11.1 Å². The number of allylic oxidation sites excluding steroid dienone is 1. The van der Waals surface area contributed by atoms with Crippen LogP contribution in [-0.2, 0) is 6.42 Å². The molecule has 0 unspecified atom stereocenters. The van der Waals surface area contributed by atoms with Gasteiger partial charge in [0.15, 0.2) is 5.78 Å². The molecule has 2 aromatic heterocycles. The zero-order valence-corrected chi connectivity index (χ0v) is 18.6. The summed E-state index contributed by atoms with van der Waals surface area (Å²) < 4.78 is 1.61. The van der Waals surface area contributed by atoms with Crippen LogP contribution in [0.5, 0.6) is 0 Å². The number of carbonyl (C=O) groups is 1. The lowest BCUT2D eigenvalue weighted by atomic mass is 9.88. The highest BCUT2D eigenvalue weighted by Gasteiger charge is 2.25. The number of rotatable bonds is 4. The quantitative estimate of drug-likeness (QED) is 0.419. The Kier molecular flexibility index (Phi) is 4.66. The van der Waals surface area contributed by atoms with Crippen LogP contribution >= 0.6 is 0 Å². The summed E-state index contributed by atoms with van der Waals surface area (Å²) in [6.07, 6.45) is 6.55. The smallest absolute Gasteiger partial charge is 0.194 e. The molecule has 7 nitrogen and oxygen atoms in total. The number of nitrogens with two attached hydrogens (primary N) is 1. The van der Waals surface area contributed by atoms with Crippen molar-refractivity contribution in [1.29, 1.82) is 0 Å². The van der Waals surface area contributed by atoms with Crippen molar-refractivity contribution >= 4 is 28.7 Å². The highest BCUT2D eigenvalue weighted by molar-refractivity contribution is 6.15. The van der Waals surface area contributed by atoms with Crippen LogP contribution in [-0.4, -0.2) is 38.6 Å². The fraction of sp³-hybridized carbons (Fsp3) is 0.269. The van der Waals surface area contributed by atoms with Crippen molar-refractivity contribution in [1.82, 2.24) is 25.1 Å². The van der Waals surface area contributed by atoms with E-state index in [4.69, 9.17) is 5.73 Å². The molecule has 0 radical (unpaired) electrons. The van der Waals surface area contributed by atoms with Crippen molar-refractivity contribution in [2.45, 2.75) is 32.1 Å². The minimum Gasteiger partial charge on any atom is -0.383 e. The summed E-state index contributed by atoms with van der Waals surface area (Å²) in [5.41, 5.74) is 13.9. The van der Waals surface area contributed by atoms with Crippen LogP contribution in [0.3, 0.4) is 0 Å². The zero-order valence-electron chi connectivity index (χ0n) is 18.6. The normalized spacial score (nSPS) is 16.2. The third-order valence-corrected chi connectivity index (χ3v) is 6.86. The fourth-order valence-electron chi connectivity index (χ4n) is 5.08. The first kappa shape index (κ1) is 19.9. The van der Waals surface area contributed by atoms with Gasteiger partial charge in [-0.25, -0.2) is 9.67 Å². The minimum absolute atomic E-state index is 0.0585. The summed E-state index contributed by atoms with van der Waals surface area (Å²) in [6, 6.07) is 12.5. The van der Waals surface area contributed by atoms with Crippen molar-refractivity contribution in [2.24, 2.45) is 0 Å². The van der Waals surface area contributed by atoms with Gasteiger partial charge in [0.1, 0.15) is 11.6 Å². The van der Waals surface area contributed by atoms with Crippen LogP contribution in [0.15, 0.2) is 48.2 Å². The van der Waals surface area contributed by atoms with E-state index in [9.17, 15) is 4.79 Å². The van der Waals surface area contributed by atoms with Gasteiger partial charge < -0.3 is 16.0 Å². The average molecular weight is 439 g/mol. The molecule has 4 aromatic rings. The van der Waals surface area contributed by atoms with Crippen LogP contribution in [0, 0.1) is 6.92 Å². The lowest BCUT2D eigenvalue weighted by molar-refractivity contribution is 0.103. The van der Waals surface area contributed by atoms with Gasteiger partial charge in [0.05, 0.1) is 28.5 Å². The Balaban J connectivity index is 1.28. The Bertz CT molecular complexity index is 1420. The first-order chi connectivity index (χ1) is 16.1. The topological polar surface area (TPSA) is 102 Å². The van der Waals surface area contributed by atoms with Crippen LogP contribution in [0.1, 0.15) is 51.6 Å². The number of anilines is 1. The van der Waals surface area contributed by atoms with E-state index in [-0.39, 0.29) is 5.78 Å². The number of Topliss-reactive ketones (excluding diaryl/α,β-unsaturated/α-hetero) is 1. The second-order valence-electron chi connectivity index (χ2n) is 9.04. The van der Waals surface area contributed by atoms with E-state index in [1.807, 2.05) is 31.2 Å². The average Bonchev–Trinajstić information content (AvgIpc) is 3.53. The van der Waals surface area contributed by atoms with Crippen LogP contribution in [0.4, 0.5) is 5.82 Å². The number of carbonyl (C=O) groups excluding carboxylic acids is 1. The van der Waals surface area contributed by atoms with E-state index in [0.29, 0.717) is 23.7 Å². The molecule has 0 saturated carbocycles. The molecule has 1 aliphatic heterocycles. The van der Waals surface area contributed by atoms with Crippen molar-refractivity contribution in [2.75, 3.05) is 18.8 Å². The summed E-state index contributed by atoms with van der Waals surface area (Å²) >= 11 is 0. The largest absolute Gasteiger partial charge is 0.383 e. The molecule has 4 N–H and O–H groups in total. The van der Waals surface area contributed by atoms with E-state index in [2.05, 4.69) is 38.6 Å². The van der Waals surface area contributed by atoms with Gasteiger partial charge in [0.2, 0.25) is 0 Å². The zero-order chi connectivity index (χ0) is 22.5. The molecule has 1 aliphatic carbocycles. The molecule has 33 heavy (non-hydrogen) atoms. The molecule has 0 amide bonds. The molecule has 1 saturated heterocycles. The third kappa shape index (κ3) is 3.45. The summed E-state index contributed by atoms with van der Waals surface area (Å²) in [4.78, 5) is 21.0. The van der Waals surface area contributed by atoms with Crippen LogP contribution in [0.25, 0.3) is 22.8 Å². The van der Waals surface area contributed by atoms with E-state index in [1.54, 1.807) is 10.9 Å². The lowest BCUT2D eigenvalue weighted by Gasteiger charge is -2.23. The van der Waals surface area contributed by atoms with Crippen molar-refractivity contribution in [3.05, 3.63) is 76.2 Å². The fourth-order valence-corrected chi connectivity index (χ4v) is 5.08. The molecule has 0 spiro atoms. The number of benzene rings is 2. The Morgan fingerprint density at radius 2 is 2.00 bits per heavy atom. The first-order valence-electron chi connectivity index (χ1n) is 11.5. The number of ketones is 1. The Morgan fingerprint density at radius 1 is 1.15 bits per heavy atom. The lowest BCUT2D eigenvalue weighted by Crippen LogP contribution is -2.26. The van der Waals surface area contributed by atoms with Gasteiger partial charge in [0.25, 0.3) is 0 Å². The number of nitrogens with zero attached hydrogens (tertiary/aromatic N) is 3. The highest BCUT2D eigenvalue weighted by atomic mass is 16.1. The Hall–Kier alpha value is -3.71. The Labute approximate surface area is 191 Å². The predicted octanol–water partition coefficient (Wildman–Crippen LogP) is 3.93. The van der Waals surface area contributed by atoms with E-state index in [1.165, 1.54) is 11.1 Å². The molecule has 0 atom stereocenters. The van der Waals surface area contributed by atoms with E-state index >= 15 is 0 Å². The molecular weight excluding hydrogens is 412 g/mol. The third-order valence-electron chi connectivity index (χ3n) is 6.86. The van der Waals surface area contributed by atoms with Gasteiger partial charge in [-0.2, -0.15) is 5.10 Å². The maximum atomic E-state index is 13.4. The van der Waals surface area contributed by atoms with Gasteiger partial charge in [-0.05, 0) is 79.7 Å². The van der Waals surface area contributed by atoms with Crippen molar-refractivity contribution in [3.63, 3.8) is 0 Å². The molecule has 3 heterocycles. The number of nitrogen functional groups attached to an aromatic ring is 1. The summed E-state index contributed by atoms with van der Waals surface area (Å²) in [5.74, 6) is 1.73. The second-order valence-corrected chi connectivity index (χ2v) is 9.04. The first-order valence-corrected chi connectivity index (χ1v) is 11.5. The number of aromatic amines is 1. The number of imidazole rings is 1. The second kappa shape index (κ2) is 7.71. The molecular formula is C26H26N6O. The van der Waals surface area contributed by atoms with Gasteiger partial charge in [0, 0.05) is 12.0 Å². The highest BCUT2D eigenvalue weighted by Crippen LogP contribution is 2.33. The number of aryl methyl sites for hydroxylation is 1. The molecule has 6 rings (SSSR count). The van der Waals surface area contributed by atoms with E-state index in [0.717, 1.165) is 59.6 Å². The number of H-pyrrole nitrogens is 1. The number of nitrogens with one attached hydrogen (secondary N) is 2. The standard InChI is InChI=1S/C26H26N6O/c1-15-30-23-5-4-21(13-24(23)31-15)32-26(27)22(14-29-32)25(33)20-11-18-3-2-17(10-19(18)12-20)16-6-8-28-9-7-16/h2-5,10,12-14,16,28H,6-9,11,27H2,1H3,(H,30,31). The molecule has 7 heteroatoms. The predicted molar refractivity (Wildman–Crippen MR) is 130 cm³/mol. The maximum Gasteiger partial charge on any atom is 0.194 e. The van der Waals surface area contributed by atoms with Gasteiger partial charge in [-0.1, -0.05) is 18.2 Å². The monoisotopic (exact) mass is 438 g/mol. The summed E-state index contributed by atoms with van der Waals surface area (Å²) in [6.45, 7) is 4.05. The van der Waals surface area contributed by atoms with Crippen molar-refractivity contribution < 1.29 is 4.79 Å². The summed E-state index contributed by atoms with van der Waals surface area (Å²) in [5, 5.41) is 7.84. The van der Waals surface area contributed by atoms with Gasteiger partial charge in [-0.3, -0.25) is 4.79 Å². The molecule has 2 aromatic carbocycles. The number of aromatic nitrogens is 4. The van der Waals surface area contributed by atoms with Gasteiger partial charge >= 0.3 is 0 Å². The number of hydrogen-bond donors (Lipinski definition) is 3.